The number of carbonyl (C=O) groups is 4. The van der Waals surface area contributed by atoms with Crippen molar-refractivity contribution in [2.24, 2.45) is 5.10 Å². The Balaban J connectivity index is 1.42. The molecule has 0 saturated heterocycles. The highest BCUT2D eigenvalue weighted by Gasteiger charge is 2.15. The lowest BCUT2D eigenvalue weighted by molar-refractivity contribution is -0.136. The molecule has 180 valence electrons. The fourth-order valence-electron chi connectivity index (χ4n) is 2.63. The van der Waals surface area contributed by atoms with E-state index in [1.807, 2.05) is 0 Å². The number of ether oxygens (including phenoxy) is 1. The molecule has 0 atom stereocenters. The summed E-state index contributed by atoms with van der Waals surface area (Å²) in [6.45, 7) is -0.0632. The lowest BCUT2D eigenvalue weighted by atomic mass is 10.3. The third kappa shape index (κ3) is 7.72. The number of halogens is 1. The molecule has 0 fully saturated rings. The highest BCUT2D eigenvalue weighted by Crippen LogP contribution is 2.15. The smallest absolute Gasteiger partial charge is 0.329 e. The molecule has 4 N–H and O–H groups in total. The van der Waals surface area contributed by atoms with Gasteiger partial charge >= 0.3 is 23.6 Å². The molecule has 0 bridgehead atoms. The summed E-state index contributed by atoms with van der Waals surface area (Å²) < 4.78 is 10.4. The summed E-state index contributed by atoms with van der Waals surface area (Å²) in [7, 11) is 1.51. The number of anilines is 2. The number of nitrogens with one attached hydrogen (secondary N) is 4. The van der Waals surface area contributed by atoms with Crippen molar-refractivity contribution in [2.75, 3.05) is 17.7 Å². The number of hydrogen-bond acceptors (Lipinski definition) is 7. The molecule has 0 unspecified atom stereocenters. The standard InChI is InChI=1S/C23H20ClN5O6/c1-34-17-7-5-15(6-8-17)27-22(32)23(33)29-26-13-19-10-9-18(35-19)12-25-20(30)21(31)28-16-4-2-3-14(24)11-16/h2-11,13H,12H2,1H3,(H,25,30)(H,27,32)(H,28,31)(H,29,33)/b26-13+. The Morgan fingerprint density at radius 1 is 0.914 bits per heavy atom. The molecule has 0 aliphatic rings. The molecular formula is C23H20ClN5O6. The highest BCUT2D eigenvalue weighted by atomic mass is 35.5. The number of nitrogens with zero attached hydrogens (tertiary/aromatic N) is 1. The second-order valence-corrected chi connectivity index (χ2v) is 7.27. The number of rotatable bonds is 7. The normalized spacial score (nSPS) is 10.5. The maximum atomic E-state index is 12.0. The fraction of sp³-hybridized carbons (Fsp3) is 0.0870. The van der Waals surface area contributed by atoms with Gasteiger partial charge in [0.05, 0.1) is 19.9 Å². The minimum absolute atomic E-state index is 0.0632. The van der Waals surface area contributed by atoms with Crippen LogP contribution in [0.3, 0.4) is 0 Å². The fourth-order valence-corrected chi connectivity index (χ4v) is 2.82. The van der Waals surface area contributed by atoms with Gasteiger partial charge in [0.15, 0.2) is 0 Å². The molecule has 0 saturated carbocycles. The van der Waals surface area contributed by atoms with E-state index < -0.39 is 23.6 Å². The van der Waals surface area contributed by atoms with E-state index in [-0.39, 0.29) is 12.3 Å². The number of hydrazone groups is 1. The van der Waals surface area contributed by atoms with E-state index in [2.05, 4.69) is 26.5 Å². The average Bonchev–Trinajstić information content (AvgIpc) is 3.30. The molecule has 3 rings (SSSR count). The third-order valence-corrected chi connectivity index (χ3v) is 4.54. The summed E-state index contributed by atoms with van der Waals surface area (Å²) in [6, 6.07) is 15.9. The van der Waals surface area contributed by atoms with Crippen molar-refractivity contribution < 1.29 is 28.3 Å². The average molecular weight is 498 g/mol. The molecule has 0 spiro atoms. The van der Waals surface area contributed by atoms with Crippen molar-refractivity contribution in [3.05, 3.63) is 77.2 Å². The summed E-state index contributed by atoms with van der Waals surface area (Å²) in [5.74, 6) is -2.45. The first kappa shape index (κ1) is 25.0. The van der Waals surface area contributed by atoms with Crippen LogP contribution in [0.5, 0.6) is 5.75 Å². The van der Waals surface area contributed by atoms with Crippen molar-refractivity contribution in [3.8, 4) is 5.75 Å². The van der Waals surface area contributed by atoms with E-state index in [1.165, 1.54) is 25.5 Å². The van der Waals surface area contributed by atoms with Crippen LogP contribution in [0, 0.1) is 0 Å². The van der Waals surface area contributed by atoms with E-state index >= 15 is 0 Å². The summed E-state index contributed by atoms with van der Waals surface area (Å²) in [4.78, 5) is 47.7. The zero-order chi connectivity index (χ0) is 25.2. The van der Waals surface area contributed by atoms with Crippen LogP contribution >= 0.6 is 11.6 Å². The third-order valence-electron chi connectivity index (χ3n) is 4.31. The second-order valence-electron chi connectivity index (χ2n) is 6.83. The number of furan rings is 1. The molecule has 12 heteroatoms. The number of carbonyl (C=O) groups excluding carboxylic acids is 4. The SMILES string of the molecule is COc1ccc(NC(=O)C(=O)N/N=C/c2ccc(CNC(=O)C(=O)Nc3cccc(Cl)c3)o2)cc1. The molecule has 11 nitrogen and oxygen atoms in total. The van der Waals surface area contributed by atoms with Gasteiger partial charge in [-0.2, -0.15) is 5.10 Å². The van der Waals surface area contributed by atoms with Crippen molar-refractivity contribution in [3.63, 3.8) is 0 Å². The summed E-state index contributed by atoms with van der Waals surface area (Å²) in [6.07, 6.45) is 1.18. The largest absolute Gasteiger partial charge is 0.497 e. The molecule has 0 aliphatic heterocycles. The zero-order valence-electron chi connectivity index (χ0n) is 18.3. The summed E-state index contributed by atoms with van der Waals surface area (Å²) in [5, 5.41) is 11.3. The van der Waals surface area contributed by atoms with Gasteiger partial charge in [0.2, 0.25) is 0 Å². The van der Waals surface area contributed by atoms with Gasteiger partial charge in [0, 0.05) is 16.4 Å². The van der Waals surface area contributed by atoms with Gasteiger partial charge in [0.1, 0.15) is 17.3 Å². The Morgan fingerprint density at radius 2 is 1.63 bits per heavy atom. The molecule has 0 radical (unpaired) electrons. The number of amides is 4. The van der Waals surface area contributed by atoms with Gasteiger partial charge in [-0.25, -0.2) is 5.43 Å². The Hall–Kier alpha value is -4.64. The van der Waals surface area contributed by atoms with Crippen LogP contribution in [0.1, 0.15) is 11.5 Å². The molecule has 1 heterocycles. The minimum atomic E-state index is -0.984. The molecular weight excluding hydrogens is 478 g/mol. The van der Waals surface area contributed by atoms with Crippen LogP contribution in [-0.2, 0) is 25.7 Å². The second kappa shape index (κ2) is 12.0. The topological polar surface area (TPSA) is 151 Å². The van der Waals surface area contributed by atoms with E-state index in [1.54, 1.807) is 48.5 Å². The Morgan fingerprint density at radius 3 is 2.34 bits per heavy atom. The number of benzene rings is 2. The van der Waals surface area contributed by atoms with Crippen molar-refractivity contribution in [1.82, 2.24) is 10.7 Å². The highest BCUT2D eigenvalue weighted by molar-refractivity contribution is 6.40. The Labute approximate surface area is 204 Å². The molecule has 3 aromatic rings. The van der Waals surface area contributed by atoms with Gasteiger partial charge in [-0.3, -0.25) is 19.2 Å². The predicted molar refractivity (Wildman–Crippen MR) is 128 cm³/mol. The minimum Gasteiger partial charge on any atom is -0.497 e. The Bertz CT molecular complexity index is 1260. The van der Waals surface area contributed by atoms with Crippen LogP contribution in [0.15, 0.2) is 70.2 Å². The van der Waals surface area contributed by atoms with Crippen LogP contribution in [0.25, 0.3) is 0 Å². The number of methoxy groups -OCH3 is 1. The lowest BCUT2D eigenvalue weighted by Gasteiger charge is -2.05. The quantitative estimate of drug-likeness (QED) is 0.223. The predicted octanol–water partition coefficient (Wildman–Crippen LogP) is 2.29. The van der Waals surface area contributed by atoms with E-state index in [0.29, 0.717) is 27.9 Å². The van der Waals surface area contributed by atoms with Crippen LogP contribution in [0.4, 0.5) is 11.4 Å². The monoisotopic (exact) mass is 497 g/mol. The zero-order valence-corrected chi connectivity index (χ0v) is 19.1. The maximum Gasteiger partial charge on any atom is 0.329 e. The molecule has 35 heavy (non-hydrogen) atoms. The number of hydrogen-bond donors (Lipinski definition) is 4. The van der Waals surface area contributed by atoms with Gasteiger partial charge in [0.25, 0.3) is 0 Å². The van der Waals surface area contributed by atoms with Crippen molar-refractivity contribution in [2.45, 2.75) is 6.54 Å². The molecule has 4 amide bonds. The van der Waals surface area contributed by atoms with E-state index in [4.69, 9.17) is 20.8 Å². The first-order valence-corrected chi connectivity index (χ1v) is 10.4. The molecule has 1 aromatic heterocycles. The van der Waals surface area contributed by atoms with Gasteiger partial charge in [-0.15, -0.1) is 0 Å². The molecule has 2 aromatic carbocycles. The van der Waals surface area contributed by atoms with E-state index in [9.17, 15) is 19.2 Å². The van der Waals surface area contributed by atoms with Crippen molar-refractivity contribution >= 4 is 52.8 Å². The van der Waals surface area contributed by atoms with Gasteiger partial charge < -0.3 is 25.1 Å². The first-order valence-electron chi connectivity index (χ1n) is 10.1. The molecule has 0 aliphatic carbocycles. The van der Waals surface area contributed by atoms with Gasteiger partial charge in [-0.05, 0) is 54.6 Å². The Kier molecular flexibility index (Phi) is 8.57. The van der Waals surface area contributed by atoms with Gasteiger partial charge in [-0.1, -0.05) is 17.7 Å². The van der Waals surface area contributed by atoms with Crippen molar-refractivity contribution in [1.29, 1.82) is 0 Å². The lowest BCUT2D eigenvalue weighted by Crippen LogP contribution is -2.34. The maximum absolute atomic E-state index is 12.0. The summed E-state index contributed by atoms with van der Waals surface area (Å²) >= 11 is 5.84. The van der Waals surface area contributed by atoms with Crippen LogP contribution in [-0.4, -0.2) is 37.0 Å². The first-order chi connectivity index (χ1) is 16.8. The van der Waals surface area contributed by atoms with Crippen LogP contribution in [0.2, 0.25) is 5.02 Å². The van der Waals surface area contributed by atoms with Crippen LogP contribution < -0.4 is 26.1 Å². The summed E-state index contributed by atoms with van der Waals surface area (Å²) in [5.41, 5.74) is 2.87. The van der Waals surface area contributed by atoms with E-state index in [0.717, 1.165) is 0 Å².